The highest BCUT2D eigenvalue weighted by molar-refractivity contribution is 7.18. The molecule has 0 aliphatic heterocycles. The van der Waals surface area contributed by atoms with Gasteiger partial charge in [-0.05, 0) is 0 Å². The fourth-order valence-corrected chi connectivity index (χ4v) is 2.24. The Morgan fingerprint density at radius 1 is 1.50 bits per heavy atom. The topological polar surface area (TPSA) is 53.4 Å². The first-order valence-corrected chi connectivity index (χ1v) is 5.66. The van der Waals surface area contributed by atoms with Crippen LogP contribution in [0.2, 0.25) is 5.15 Å². The zero-order valence-corrected chi connectivity index (χ0v) is 10.1. The summed E-state index contributed by atoms with van der Waals surface area (Å²) in [7, 11) is 0. The molecule has 0 fully saturated rings. The third kappa shape index (κ3) is 2.84. The zero-order chi connectivity index (χ0) is 12.1. The van der Waals surface area contributed by atoms with E-state index in [0.29, 0.717) is 18.2 Å². The number of nitrogens with zero attached hydrogens (tertiary/aromatic N) is 2. The molecule has 0 saturated carbocycles. The maximum absolute atomic E-state index is 10.8. The second kappa shape index (κ2) is 5.67. The smallest absolute Gasteiger partial charge is 0.349 e. The number of thiazole rings is 1. The first kappa shape index (κ1) is 12.7. The van der Waals surface area contributed by atoms with E-state index in [0.717, 1.165) is 11.3 Å². The van der Waals surface area contributed by atoms with Gasteiger partial charge in [-0.3, -0.25) is 0 Å². The molecule has 6 heteroatoms. The molecule has 1 aromatic heterocycles. The lowest BCUT2D eigenvalue weighted by molar-refractivity contribution is 0.0702. The third-order valence-corrected chi connectivity index (χ3v) is 3.23. The van der Waals surface area contributed by atoms with E-state index in [1.54, 1.807) is 12.2 Å². The summed E-state index contributed by atoms with van der Waals surface area (Å²) < 4.78 is 0. The molecule has 0 atom stereocenters. The molecule has 0 radical (unpaired) electrons. The van der Waals surface area contributed by atoms with Crippen LogP contribution in [-0.4, -0.2) is 29.1 Å². The van der Waals surface area contributed by atoms with Gasteiger partial charge in [-0.25, -0.2) is 9.78 Å². The molecule has 1 heterocycles. The lowest BCUT2D eigenvalue weighted by atomic mass is 10.5. The molecule has 0 bridgehead atoms. The fraction of sp³-hybridized carbons (Fsp3) is 0.200. The first-order valence-electron chi connectivity index (χ1n) is 4.46. The molecular weight excluding hydrogens is 248 g/mol. The molecule has 1 N–H and O–H groups in total. The molecule has 0 unspecified atom stereocenters. The molecule has 4 nitrogen and oxygen atoms in total. The molecule has 0 amide bonds. The Labute approximate surface area is 102 Å². The highest BCUT2D eigenvalue weighted by atomic mass is 35.5. The van der Waals surface area contributed by atoms with Crippen molar-refractivity contribution in [1.29, 1.82) is 0 Å². The Bertz CT molecular complexity index is 407. The van der Waals surface area contributed by atoms with E-state index in [9.17, 15) is 4.79 Å². The number of anilines is 1. The van der Waals surface area contributed by atoms with E-state index in [1.165, 1.54) is 0 Å². The summed E-state index contributed by atoms with van der Waals surface area (Å²) in [6.45, 7) is 8.38. The van der Waals surface area contributed by atoms with Crippen LogP contribution >= 0.6 is 22.9 Å². The lowest BCUT2D eigenvalue weighted by Crippen LogP contribution is -2.22. The van der Waals surface area contributed by atoms with Gasteiger partial charge in [0, 0.05) is 13.1 Å². The van der Waals surface area contributed by atoms with Crippen molar-refractivity contribution in [2.24, 2.45) is 0 Å². The van der Waals surface area contributed by atoms with Crippen molar-refractivity contribution in [3.8, 4) is 0 Å². The highest BCUT2D eigenvalue weighted by Gasteiger charge is 2.18. The van der Waals surface area contributed by atoms with Crippen LogP contribution in [0.1, 0.15) is 9.67 Å². The summed E-state index contributed by atoms with van der Waals surface area (Å²) in [5.74, 6) is -1.06. The number of hydrogen-bond acceptors (Lipinski definition) is 4. The number of carboxylic acid groups (broad SMARTS) is 1. The van der Waals surface area contributed by atoms with Crippen molar-refractivity contribution < 1.29 is 9.90 Å². The standard InChI is InChI=1S/C10H11ClN2O2S/c1-3-5-13(6-4-2)10-12-8(11)7(16-10)9(14)15/h3-4H,1-2,5-6H2,(H,14,15). The maximum Gasteiger partial charge on any atom is 0.349 e. The predicted molar refractivity (Wildman–Crippen MR) is 66.7 cm³/mol. The van der Waals surface area contributed by atoms with Gasteiger partial charge < -0.3 is 10.0 Å². The Morgan fingerprint density at radius 3 is 2.44 bits per heavy atom. The van der Waals surface area contributed by atoms with E-state index in [1.807, 2.05) is 4.90 Å². The number of halogens is 1. The van der Waals surface area contributed by atoms with Gasteiger partial charge in [-0.1, -0.05) is 35.1 Å². The predicted octanol–water partition coefficient (Wildman–Crippen LogP) is 2.67. The van der Waals surface area contributed by atoms with Gasteiger partial charge in [0.2, 0.25) is 0 Å². The second-order valence-corrected chi connectivity index (χ2v) is 4.24. The Hall–Kier alpha value is -1.33. The fourth-order valence-electron chi connectivity index (χ4n) is 1.10. The minimum absolute atomic E-state index is 0.0191. The van der Waals surface area contributed by atoms with E-state index < -0.39 is 5.97 Å². The Kier molecular flexibility index (Phi) is 4.52. The monoisotopic (exact) mass is 258 g/mol. The van der Waals surface area contributed by atoms with Crippen molar-refractivity contribution >= 4 is 34.0 Å². The molecule has 0 aromatic carbocycles. The van der Waals surface area contributed by atoms with Crippen molar-refractivity contribution in [3.63, 3.8) is 0 Å². The molecule has 1 aromatic rings. The van der Waals surface area contributed by atoms with Gasteiger partial charge >= 0.3 is 5.97 Å². The Morgan fingerprint density at radius 2 is 2.06 bits per heavy atom. The van der Waals surface area contributed by atoms with Crippen molar-refractivity contribution in [3.05, 3.63) is 35.3 Å². The average Bonchev–Trinajstić information content (AvgIpc) is 2.60. The highest BCUT2D eigenvalue weighted by Crippen LogP contribution is 2.29. The van der Waals surface area contributed by atoms with Gasteiger partial charge in [0.1, 0.15) is 0 Å². The largest absolute Gasteiger partial charge is 0.477 e. The van der Waals surface area contributed by atoms with Crippen molar-refractivity contribution in [2.45, 2.75) is 0 Å². The number of aromatic nitrogens is 1. The normalized spacial score (nSPS) is 9.81. The summed E-state index contributed by atoms with van der Waals surface area (Å²) in [5, 5.41) is 9.42. The molecule has 0 aliphatic rings. The average molecular weight is 259 g/mol. The zero-order valence-electron chi connectivity index (χ0n) is 8.52. The van der Waals surface area contributed by atoms with E-state index in [-0.39, 0.29) is 10.0 Å². The summed E-state index contributed by atoms with van der Waals surface area (Å²) in [6.07, 6.45) is 3.42. The molecule has 0 aliphatic carbocycles. The minimum Gasteiger partial charge on any atom is -0.477 e. The summed E-state index contributed by atoms with van der Waals surface area (Å²) in [5.41, 5.74) is 0. The molecule has 16 heavy (non-hydrogen) atoms. The number of aromatic carboxylic acids is 1. The van der Waals surface area contributed by atoms with Crippen LogP contribution in [0.3, 0.4) is 0 Å². The van der Waals surface area contributed by atoms with E-state index >= 15 is 0 Å². The molecular formula is C10H11ClN2O2S. The van der Waals surface area contributed by atoms with Crippen LogP contribution < -0.4 is 4.90 Å². The van der Waals surface area contributed by atoms with Gasteiger partial charge in [0.15, 0.2) is 15.2 Å². The van der Waals surface area contributed by atoms with Crippen LogP contribution in [0, 0.1) is 0 Å². The summed E-state index contributed by atoms with van der Waals surface area (Å²) >= 11 is 6.77. The van der Waals surface area contributed by atoms with Crippen molar-refractivity contribution in [1.82, 2.24) is 4.98 Å². The first-order chi connectivity index (χ1) is 7.60. The molecule has 0 spiro atoms. The lowest BCUT2D eigenvalue weighted by Gasteiger charge is -2.17. The number of carbonyl (C=O) groups is 1. The van der Waals surface area contributed by atoms with Gasteiger partial charge in [-0.15, -0.1) is 13.2 Å². The van der Waals surface area contributed by atoms with Gasteiger partial charge in [0.05, 0.1) is 0 Å². The van der Waals surface area contributed by atoms with Gasteiger partial charge in [0.25, 0.3) is 0 Å². The molecule has 1 rings (SSSR count). The maximum atomic E-state index is 10.8. The third-order valence-electron chi connectivity index (χ3n) is 1.74. The minimum atomic E-state index is -1.06. The van der Waals surface area contributed by atoms with E-state index in [4.69, 9.17) is 16.7 Å². The molecule has 0 saturated heterocycles. The Balaban J connectivity index is 3.00. The SMILES string of the molecule is C=CCN(CC=C)c1nc(Cl)c(C(=O)O)s1. The number of rotatable bonds is 6. The van der Waals surface area contributed by atoms with E-state index in [2.05, 4.69) is 18.1 Å². The quantitative estimate of drug-likeness (QED) is 0.797. The summed E-state index contributed by atoms with van der Waals surface area (Å²) in [6, 6.07) is 0. The molecule has 86 valence electrons. The second-order valence-electron chi connectivity index (χ2n) is 2.90. The van der Waals surface area contributed by atoms with Crippen LogP contribution in [0.25, 0.3) is 0 Å². The van der Waals surface area contributed by atoms with Crippen molar-refractivity contribution in [2.75, 3.05) is 18.0 Å². The van der Waals surface area contributed by atoms with Crippen LogP contribution in [0.5, 0.6) is 0 Å². The van der Waals surface area contributed by atoms with Crippen LogP contribution in [0.4, 0.5) is 5.13 Å². The van der Waals surface area contributed by atoms with Crippen LogP contribution in [0.15, 0.2) is 25.3 Å². The summed E-state index contributed by atoms with van der Waals surface area (Å²) in [4.78, 5) is 16.7. The van der Waals surface area contributed by atoms with Gasteiger partial charge in [-0.2, -0.15) is 0 Å². The number of hydrogen-bond donors (Lipinski definition) is 1. The number of carboxylic acids is 1. The van der Waals surface area contributed by atoms with Crippen LogP contribution in [-0.2, 0) is 0 Å².